The normalized spacial score (nSPS) is 14.8. The van der Waals surface area contributed by atoms with Crippen molar-refractivity contribution >= 4 is 70.3 Å². The largest absolute Gasteiger partial charge is 0.481 e. The first-order chi connectivity index (χ1) is 24.3. The molecule has 2 amide bonds. The maximum absolute atomic E-state index is 13.9. The Labute approximate surface area is 307 Å². The van der Waals surface area contributed by atoms with Crippen LogP contribution < -0.4 is 21.0 Å². The third kappa shape index (κ3) is 7.95. The van der Waals surface area contributed by atoms with Crippen LogP contribution in [0, 0.1) is 0 Å². The van der Waals surface area contributed by atoms with Crippen molar-refractivity contribution in [3.05, 3.63) is 111 Å². The molecule has 0 fully saturated rings. The summed E-state index contributed by atoms with van der Waals surface area (Å²) in [6.45, 7) is 5.58. The Morgan fingerprint density at radius 3 is 2.27 bits per heavy atom. The maximum Gasteiger partial charge on any atom is 0.305 e. The highest BCUT2D eigenvalue weighted by molar-refractivity contribution is 7.13. The third-order valence-electron chi connectivity index (χ3n) is 9.90. The molecule has 0 saturated carbocycles. The lowest BCUT2D eigenvalue weighted by atomic mass is 9.95. The molecule has 2 aromatic heterocycles. The lowest BCUT2D eigenvalue weighted by Crippen LogP contribution is -2.65. The predicted molar refractivity (Wildman–Crippen MR) is 204 cm³/mol. The molecule has 51 heavy (non-hydrogen) atoms. The smallest absolute Gasteiger partial charge is 0.305 e. The number of benzene rings is 3. The summed E-state index contributed by atoms with van der Waals surface area (Å²) in [5, 5.41) is 18.6. The van der Waals surface area contributed by atoms with E-state index < -0.39 is 49.6 Å². The van der Waals surface area contributed by atoms with Gasteiger partial charge in [-0.1, -0.05) is 86.1 Å². The van der Waals surface area contributed by atoms with E-state index in [1.54, 1.807) is 24.3 Å². The lowest BCUT2D eigenvalue weighted by Gasteiger charge is -2.42. The number of H-pyrrole nitrogens is 1. The van der Waals surface area contributed by atoms with E-state index in [1.807, 2.05) is 81.6 Å². The number of amides is 2. The van der Waals surface area contributed by atoms with E-state index in [0.717, 1.165) is 39.3 Å². The molecule has 0 radical (unpaired) electrons. The highest BCUT2D eigenvalue weighted by atomic mass is 35.5. The molecule has 10 nitrogen and oxygen atoms in total. The summed E-state index contributed by atoms with van der Waals surface area (Å²) in [4.78, 5) is 63.7. The van der Waals surface area contributed by atoms with Gasteiger partial charge in [0.2, 0.25) is 0 Å². The van der Waals surface area contributed by atoms with Gasteiger partial charge in [-0.3, -0.25) is 14.4 Å². The van der Waals surface area contributed by atoms with Crippen molar-refractivity contribution in [3.63, 3.8) is 0 Å². The van der Waals surface area contributed by atoms with Crippen LogP contribution in [-0.4, -0.2) is 76.5 Å². The van der Waals surface area contributed by atoms with Gasteiger partial charge in [0, 0.05) is 40.3 Å². The Kier molecular flexibility index (Phi) is 10.8. The van der Waals surface area contributed by atoms with Crippen molar-refractivity contribution < 1.29 is 24.3 Å². The topological polar surface area (TPSA) is 148 Å². The summed E-state index contributed by atoms with van der Waals surface area (Å²) >= 11 is 7.50. The van der Waals surface area contributed by atoms with Crippen molar-refractivity contribution in [2.24, 2.45) is 0 Å². The van der Waals surface area contributed by atoms with Gasteiger partial charge in [0.25, 0.3) is 20.1 Å². The summed E-state index contributed by atoms with van der Waals surface area (Å²) in [5.41, 5.74) is 1.84. The van der Waals surface area contributed by atoms with E-state index >= 15 is 0 Å². The van der Waals surface area contributed by atoms with Gasteiger partial charge in [-0.15, -0.1) is 11.3 Å². The molecule has 0 bridgehead atoms. The molecule has 1 aliphatic heterocycles. The Balaban J connectivity index is 1.33. The third-order valence-corrected chi connectivity index (χ3v) is 15.8. The van der Waals surface area contributed by atoms with Crippen molar-refractivity contribution in [2.75, 3.05) is 13.6 Å². The number of rotatable bonds is 13. The summed E-state index contributed by atoms with van der Waals surface area (Å²) in [5.74, 6) is -2.07. The number of fused-ring (bicyclic) bond motifs is 2. The number of aromatic amines is 1. The summed E-state index contributed by atoms with van der Waals surface area (Å²) in [6, 6.07) is 24.3. The molecule has 2 atom stereocenters. The van der Waals surface area contributed by atoms with E-state index in [9.17, 15) is 24.3 Å². The van der Waals surface area contributed by atoms with Crippen LogP contribution in [0.3, 0.4) is 0 Å². The summed E-state index contributed by atoms with van der Waals surface area (Å²) in [6.07, 6.45) is 0.965. The minimum absolute atomic E-state index is 0.236. The number of halogens is 1. The molecule has 13 heteroatoms. The molecule has 5 N–H and O–H groups in total. The molecular weight excluding hydrogens is 702 g/mol. The number of aliphatic carboxylic acids is 1. The zero-order valence-electron chi connectivity index (χ0n) is 28.8. The van der Waals surface area contributed by atoms with Crippen molar-refractivity contribution in [1.82, 2.24) is 25.5 Å². The van der Waals surface area contributed by atoms with Crippen molar-refractivity contribution in [2.45, 2.75) is 63.2 Å². The van der Waals surface area contributed by atoms with Crippen LogP contribution in [-0.2, 0) is 17.8 Å². The van der Waals surface area contributed by atoms with Crippen LogP contribution in [0.5, 0.6) is 0 Å². The predicted octanol–water partition coefficient (Wildman–Crippen LogP) is 4.95. The van der Waals surface area contributed by atoms with Crippen LogP contribution in [0.2, 0.25) is 10.1 Å². The SMILES string of the molecule is CN1CCc2nc(C(=O)N[C@H](CCC(C)(C)[Si](O)(c3ccccc3)c3ccccc3)[C@@H](CC(=O)O)NC(=O)c3cc4cc(Cl)ccc4[nH]3)sc2C1. The second kappa shape index (κ2) is 15.1. The Morgan fingerprint density at radius 2 is 1.63 bits per heavy atom. The Morgan fingerprint density at radius 1 is 0.980 bits per heavy atom. The van der Waals surface area contributed by atoms with Gasteiger partial charge in [0.15, 0.2) is 5.01 Å². The first-order valence-corrected chi connectivity index (χ1v) is 20.1. The fourth-order valence-corrected chi connectivity index (χ4v) is 12.0. The number of nitrogens with zero attached hydrogens (tertiary/aromatic N) is 2. The van der Waals surface area contributed by atoms with Crippen molar-refractivity contribution in [1.29, 1.82) is 0 Å². The average Bonchev–Trinajstić information content (AvgIpc) is 3.74. The second-order valence-electron chi connectivity index (χ2n) is 13.9. The van der Waals surface area contributed by atoms with Crippen LogP contribution in [0.15, 0.2) is 84.9 Å². The molecular formula is C38H42ClN5O5SSi. The number of hydrogen-bond acceptors (Lipinski definition) is 7. The number of carbonyl (C=O) groups excluding carboxylic acids is 2. The van der Waals surface area contributed by atoms with Crippen LogP contribution >= 0.6 is 22.9 Å². The zero-order chi connectivity index (χ0) is 36.3. The van der Waals surface area contributed by atoms with E-state index in [1.165, 1.54) is 11.3 Å². The Hall–Kier alpha value is -4.33. The molecule has 6 rings (SSSR count). The van der Waals surface area contributed by atoms with E-state index in [4.69, 9.17) is 11.6 Å². The highest BCUT2D eigenvalue weighted by Gasteiger charge is 2.50. The fraction of sp³-hybridized carbons (Fsp3) is 0.316. The minimum Gasteiger partial charge on any atom is -0.481 e. The summed E-state index contributed by atoms with van der Waals surface area (Å²) < 4.78 is 0. The first kappa shape index (κ1) is 36.5. The number of hydrogen-bond donors (Lipinski definition) is 5. The van der Waals surface area contributed by atoms with Crippen molar-refractivity contribution in [3.8, 4) is 0 Å². The number of carbonyl (C=O) groups is 3. The number of likely N-dealkylation sites (N-methyl/N-ethyl adjacent to an activating group) is 1. The zero-order valence-corrected chi connectivity index (χ0v) is 31.4. The van der Waals surface area contributed by atoms with Gasteiger partial charge in [-0.25, -0.2) is 4.98 Å². The minimum atomic E-state index is -3.44. The van der Waals surface area contributed by atoms with E-state index in [2.05, 4.69) is 25.5 Å². The van der Waals surface area contributed by atoms with Gasteiger partial charge in [-0.2, -0.15) is 0 Å². The Bertz CT molecular complexity index is 2000. The standard InChI is InChI=1S/C38H42ClN5O5SSi/c1-38(2,51(49,26-10-6-4-7-11-26)27-12-8-5-9-13-27)18-16-29(41-36(48)37-43-30-17-19-44(3)23-33(30)50-37)31(22-34(45)46)42-35(47)32-21-24-20-25(39)14-15-28(24)40-32/h4-15,20-21,29,31,40,49H,16-19,22-23H2,1-3H3,(H,41,48)(H,42,47)(H,45,46)/t29-,31-/m1/s1. The van der Waals surface area contributed by atoms with E-state index in [0.29, 0.717) is 28.5 Å². The highest BCUT2D eigenvalue weighted by Crippen LogP contribution is 2.40. The molecule has 0 unspecified atom stereocenters. The molecule has 3 heterocycles. The van der Waals surface area contributed by atoms with Gasteiger partial charge in [-0.05, 0) is 59.6 Å². The van der Waals surface area contributed by atoms with Crippen LogP contribution in [0.1, 0.15) is 64.0 Å². The molecule has 0 aliphatic carbocycles. The van der Waals surface area contributed by atoms with Gasteiger partial charge < -0.3 is 30.4 Å². The molecule has 5 aromatic rings. The monoisotopic (exact) mass is 743 g/mol. The molecule has 0 saturated heterocycles. The summed E-state index contributed by atoms with van der Waals surface area (Å²) in [7, 11) is -1.41. The second-order valence-corrected chi connectivity index (χ2v) is 19.4. The molecule has 266 valence electrons. The number of carboxylic acids is 1. The fourth-order valence-electron chi connectivity index (χ4n) is 6.98. The number of carboxylic acid groups (broad SMARTS) is 1. The van der Waals surface area contributed by atoms with Gasteiger partial charge >= 0.3 is 5.97 Å². The number of thiazole rings is 1. The number of nitrogens with one attached hydrogen (secondary N) is 3. The lowest BCUT2D eigenvalue weighted by molar-refractivity contribution is -0.137. The molecule has 0 spiro atoms. The molecule has 3 aromatic carbocycles. The van der Waals surface area contributed by atoms with Gasteiger partial charge in [0.1, 0.15) is 5.69 Å². The van der Waals surface area contributed by atoms with E-state index in [-0.39, 0.29) is 12.1 Å². The van der Waals surface area contributed by atoms with Gasteiger partial charge in [0.05, 0.1) is 24.2 Å². The van der Waals surface area contributed by atoms with Crippen LogP contribution in [0.4, 0.5) is 0 Å². The quantitative estimate of drug-likeness (QED) is 0.107. The molecule has 1 aliphatic rings. The van der Waals surface area contributed by atoms with Crippen LogP contribution in [0.25, 0.3) is 10.9 Å². The first-order valence-electron chi connectivity index (χ1n) is 17.0. The average molecular weight is 744 g/mol. The maximum atomic E-state index is 13.9. The number of aromatic nitrogens is 2.